The lowest BCUT2D eigenvalue weighted by Crippen LogP contribution is -2.14. The van der Waals surface area contributed by atoms with Crippen LogP contribution < -0.4 is 11.3 Å². The van der Waals surface area contributed by atoms with E-state index >= 15 is 0 Å². The fourth-order valence-electron chi connectivity index (χ4n) is 1.09. The van der Waals surface area contributed by atoms with Crippen molar-refractivity contribution < 1.29 is 0 Å². The molecule has 2 heterocycles. The van der Waals surface area contributed by atoms with Gasteiger partial charge in [0.05, 0.1) is 0 Å². The van der Waals surface area contributed by atoms with E-state index in [0.29, 0.717) is 22.3 Å². The average molecular weight is 252 g/mol. The molecule has 90 valence electrons. The van der Waals surface area contributed by atoms with Gasteiger partial charge in [0.25, 0.3) is 5.95 Å². The van der Waals surface area contributed by atoms with Crippen LogP contribution >= 0.6 is 11.8 Å². The smallest absolute Gasteiger partial charge is 0.257 e. The molecule has 2 rings (SSSR count). The Morgan fingerprint density at radius 2 is 2.18 bits per heavy atom. The van der Waals surface area contributed by atoms with Crippen LogP contribution in [0.1, 0.15) is 13.8 Å². The van der Waals surface area contributed by atoms with Crippen LogP contribution in [0.3, 0.4) is 0 Å². The molecule has 0 aliphatic heterocycles. The first-order valence-electron chi connectivity index (χ1n) is 4.93. The SMILES string of the molecule is CC(C)Sc1nc(NN)nc(-n2cncn2)n1. The van der Waals surface area contributed by atoms with Crippen molar-refractivity contribution in [1.29, 1.82) is 0 Å². The van der Waals surface area contributed by atoms with Crippen LogP contribution in [0.25, 0.3) is 5.95 Å². The van der Waals surface area contributed by atoms with Crippen molar-refractivity contribution in [3.05, 3.63) is 12.7 Å². The van der Waals surface area contributed by atoms with Crippen molar-refractivity contribution in [1.82, 2.24) is 29.7 Å². The molecule has 0 unspecified atom stereocenters. The first-order chi connectivity index (χ1) is 8.19. The molecule has 9 heteroatoms. The van der Waals surface area contributed by atoms with Crippen molar-refractivity contribution in [3.8, 4) is 5.95 Å². The van der Waals surface area contributed by atoms with Gasteiger partial charge in [0, 0.05) is 5.25 Å². The number of nitrogens with zero attached hydrogens (tertiary/aromatic N) is 6. The van der Waals surface area contributed by atoms with Gasteiger partial charge in [-0.3, -0.25) is 5.43 Å². The molecule has 0 saturated heterocycles. The largest absolute Gasteiger partial charge is 0.292 e. The number of nitrogens with one attached hydrogen (secondary N) is 1. The zero-order chi connectivity index (χ0) is 12.3. The molecule has 0 aromatic carbocycles. The first-order valence-corrected chi connectivity index (χ1v) is 5.81. The van der Waals surface area contributed by atoms with Crippen molar-refractivity contribution >= 4 is 17.7 Å². The number of rotatable bonds is 4. The van der Waals surface area contributed by atoms with E-state index in [-0.39, 0.29) is 0 Å². The van der Waals surface area contributed by atoms with Gasteiger partial charge in [0.1, 0.15) is 12.7 Å². The van der Waals surface area contributed by atoms with Crippen molar-refractivity contribution in [2.24, 2.45) is 5.84 Å². The lowest BCUT2D eigenvalue weighted by molar-refractivity contribution is 0.758. The number of nitrogen functional groups attached to an aromatic ring is 1. The highest BCUT2D eigenvalue weighted by Crippen LogP contribution is 2.20. The summed E-state index contributed by atoms with van der Waals surface area (Å²) in [6, 6.07) is 0. The Morgan fingerprint density at radius 3 is 2.76 bits per heavy atom. The summed E-state index contributed by atoms with van der Waals surface area (Å²) in [7, 11) is 0. The normalized spacial score (nSPS) is 10.8. The average Bonchev–Trinajstić information content (AvgIpc) is 2.81. The molecule has 0 fully saturated rings. The van der Waals surface area contributed by atoms with E-state index in [2.05, 4.69) is 44.3 Å². The minimum Gasteiger partial charge on any atom is -0.292 e. The molecule has 0 saturated carbocycles. The number of aromatic nitrogens is 6. The Balaban J connectivity index is 2.38. The summed E-state index contributed by atoms with van der Waals surface area (Å²) in [5, 5.41) is 4.92. The van der Waals surface area contributed by atoms with Crippen LogP contribution in [0.5, 0.6) is 0 Å². The second-order valence-electron chi connectivity index (χ2n) is 3.39. The minimum absolute atomic E-state index is 0.300. The van der Waals surface area contributed by atoms with Gasteiger partial charge in [-0.05, 0) is 0 Å². The number of anilines is 1. The van der Waals surface area contributed by atoms with Crippen LogP contribution in [0.15, 0.2) is 17.8 Å². The minimum atomic E-state index is 0.300. The highest BCUT2D eigenvalue weighted by Gasteiger charge is 2.09. The molecular formula is C8H12N8S. The van der Waals surface area contributed by atoms with Gasteiger partial charge in [0.15, 0.2) is 5.16 Å². The number of hydrogen-bond donors (Lipinski definition) is 2. The predicted molar refractivity (Wildman–Crippen MR) is 63.5 cm³/mol. The lowest BCUT2D eigenvalue weighted by atomic mass is 10.6. The predicted octanol–water partition coefficient (Wildman–Crippen LogP) is 0.238. The van der Waals surface area contributed by atoms with E-state index < -0.39 is 0 Å². The standard InChI is InChI=1S/C8H12N8S/c1-5(2)17-8-13-6(15-9)12-7(14-8)16-4-10-3-11-16/h3-5H,9H2,1-2H3,(H,12,13,14,15). The van der Waals surface area contributed by atoms with Crippen LogP contribution in [0.2, 0.25) is 0 Å². The Bertz CT molecular complexity index is 482. The van der Waals surface area contributed by atoms with E-state index in [4.69, 9.17) is 5.84 Å². The first kappa shape index (κ1) is 11.7. The summed E-state index contributed by atoms with van der Waals surface area (Å²) in [6.07, 6.45) is 2.92. The fourth-order valence-corrected chi connectivity index (χ4v) is 1.78. The second-order valence-corrected chi connectivity index (χ2v) is 4.94. The van der Waals surface area contributed by atoms with Crippen LogP contribution in [-0.2, 0) is 0 Å². The van der Waals surface area contributed by atoms with E-state index in [9.17, 15) is 0 Å². The topological polar surface area (TPSA) is 107 Å². The van der Waals surface area contributed by atoms with Crippen LogP contribution in [-0.4, -0.2) is 35.0 Å². The van der Waals surface area contributed by atoms with Gasteiger partial charge in [-0.1, -0.05) is 25.6 Å². The molecule has 0 amide bonds. The third kappa shape index (κ3) is 2.88. The summed E-state index contributed by atoms with van der Waals surface area (Å²) >= 11 is 1.52. The number of nitrogens with two attached hydrogens (primary N) is 1. The molecule has 2 aromatic heterocycles. The van der Waals surface area contributed by atoms with Crippen molar-refractivity contribution in [2.75, 3.05) is 5.43 Å². The number of thioether (sulfide) groups is 1. The van der Waals surface area contributed by atoms with Gasteiger partial charge in [-0.15, -0.1) is 0 Å². The van der Waals surface area contributed by atoms with E-state index in [0.717, 1.165) is 0 Å². The van der Waals surface area contributed by atoms with Gasteiger partial charge in [-0.2, -0.15) is 24.7 Å². The third-order valence-electron chi connectivity index (χ3n) is 1.70. The molecule has 0 atom stereocenters. The molecule has 0 aliphatic carbocycles. The van der Waals surface area contributed by atoms with E-state index in [1.165, 1.54) is 29.1 Å². The Morgan fingerprint density at radius 1 is 1.35 bits per heavy atom. The van der Waals surface area contributed by atoms with Gasteiger partial charge < -0.3 is 0 Å². The van der Waals surface area contributed by atoms with Crippen molar-refractivity contribution in [3.63, 3.8) is 0 Å². The maximum Gasteiger partial charge on any atom is 0.257 e. The summed E-state index contributed by atoms with van der Waals surface area (Å²) in [4.78, 5) is 16.3. The highest BCUT2D eigenvalue weighted by atomic mass is 32.2. The van der Waals surface area contributed by atoms with Gasteiger partial charge >= 0.3 is 0 Å². The van der Waals surface area contributed by atoms with Gasteiger partial charge in [-0.25, -0.2) is 10.8 Å². The second kappa shape index (κ2) is 5.06. The highest BCUT2D eigenvalue weighted by molar-refractivity contribution is 7.99. The number of hydrogen-bond acceptors (Lipinski definition) is 8. The van der Waals surface area contributed by atoms with E-state index in [1.807, 2.05) is 0 Å². The molecule has 8 nitrogen and oxygen atoms in total. The molecule has 17 heavy (non-hydrogen) atoms. The third-order valence-corrected chi connectivity index (χ3v) is 2.56. The van der Waals surface area contributed by atoms with Gasteiger partial charge in [0.2, 0.25) is 5.95 Å². The molecule has 3 N–H and O–H groups in total. The van der Waals surface area contributed by atoms with E-state index in [1.54, 1.807) is 0 Å². The summed E-state index contributed by atoms with van der Waals surface area (Å²) in [6.45, 7) is 4.11. The van der Waals surface area contributed by atoms with Crippen LogP contribution in [0.4, 0.5) is 5.95 Å². The molecule has 0 bridgehead atoms. The summed E-state index contributed by atoms with van der Waals surface area (Å²) < 4.78 is 1.45. The number of hydrazine groups is 1. The summed E-state index contributed by atoms with van der Waals surface area (Å²) in [5.74, 6) is 6.00. The maximum atomic E-state index is 5.31. The quantitative estimate of drug-likeness (QED) is 0.452. The summed E-state index contributed by atoms with van der Waals surface area (Å²) in [5.41, 5.74) is 2.41. The maximum absolute atomic E-state index is 5.31. The van der Waals surface area contributed by atoms with Crippen LogP contribution in [0, 0.1) is 0 Å². The zero-order valence-corrected chi connectivity index (χ0v) is 10.2. The Labute approximate surface area is 102 Å². The zero-order valence-electron chi connectivity index (χ0n) is 9.40. The molecule has 0 aliphatic rings. The Hall–Kier alpha value is -1.74. The fraction of sp³-hybridized carbons (Fsp3) is 0.375. The molecule has 2 aromatic rings. The lowest BCUT2D eigenvalue weighted by Gasteiger charge is -2.07. The molecular weight excluding hydrogens is 240 g/mol. The van der Waals surface area contributed by atoms with Crippen molar-refractivity contribution in [2.45, 2.75) is 24.3 Å². The monoisotopic (exact) mass is 252 g/mol. The molecule has 0 radical (unpaired) electrons. The molecule has 0 spiro atoms. The Kier molecular flexibility index (Phi) is 3.49.